The minimum atomic E-state index is -0.248. The first-order chi connectivity index (χ1) is 9.50. The molecule has 0 atom stereocenters. The van der Waals surface area contributed by atoms with Crippen LogP contribution in [0.1, 0.15) is 31.4 Å². The van der Waals surface area contributed by atoms with Crippen molar-refractivity contribution >= 4 is 11.4 Å². The number of nitrogens with one attached hydrogen (secondary N) is 1. The van der Waals surface area contributed by atoms with Crippen LogP contribution in [0.3, 0.4) is 0 Å². The number of hydrogen-bond acceptors (Lipinski definition) is 2. The van der Waals surface area contributed by atoms with E-state index in [2.05, 4.69) is 26.0 Å². The zero-order valence-corrected chi connectivity index (χ0v) is 12.2. The Kier molecular flexibility index (Phi) is 4.23. The molecule has 3 N–H and O–H groups in total. The van der Waals surface area contributed by atoms with Gasteiger partial charge in [0.1, 0.15) is 0 Å². The Morgan fingerprint density at radius 2 is 1.60 bits per heavy atom. The molecule has 2 aromatic carbocycles. The summed E-state index contributed by atoms with van der Waals surface area (Å²) < 4.78 is 0. The summed E-state index contributed by atoms with van der Waals surface area (Å²) in [6.45, 7) is 4.21. The van der Waals surface area contributed by atoms with E-state index in [-0.39, 0.29) is 5.41 Å². The van der Waals surface area contributed by atoms with Crippen LogP contribution in [0, 0.1) is 5.41 Å². The number of rotatable bonds is 5. The highest BCUT2D eigenvalue weighted by atomic mass is 14.5. The molecule has 2 rings (SSSR count). The number of nitrogens with two attached hydrogens (primary N) is 1. The smallest absolute Gasteiger partial charge is 0.0314 e. The van der Waals surface area contributed by atoms with Crippen molar-refractivity contribution < 1.29 is 0 Å². The predicted molar refractivity (Wildman–Crippen MR) is 86.4 cm³/mol. The maximum atomic E-state index is 8.40. The summed E-state index contributed by atoms with van der Waals surface area (Å²) in [5, 5.41) is 8.40. The fourth-order valence-electron chi connectivity index (χ4n) is 2.30. The van der Waals surface area contributed by atoms with Gasteiger partial charge in [0, 0.05) is 16.8 Å². The molecule has 0 fully saturated rings. The summed E-state index contributed by atoms with van der Waals surface area (Å²) in [5.41, 5.74) is 9.43. The Bertz CT molecular complexity index is 568. The second-order valence-corrected chi connectivity index (χ2v) is 5.71. The van der Waals surface area contributed by atoms with Crippen molar-refractivity contribution in [1.29, 1.82) is 5.41 Å². The molecule has 0 radical (unpaired) electrons. The summed E-state index contributed by atoms with van der Waals surface area (Å²) in [6, 6.07) is 18.2. The molecular weight excluding hydrogens is 244 g/mol. The second kappa shape index (κ2) is 5.91. The molecule has 2 aromatic rings. The van der Waals surface area contributed by atoms with Gasteiger partial charge >= 0.3 is 0 Å². The van der Waals surface area contributed by atoms with E-state index in [0.717, 1.165) is 29.8 Å². The lowest BCUT2D eigenvalue weighted by Crippen LogP contribution is -2.28. The van der Waals surface area contributed by atoms with E-state index < -0.39 is 0 Å². The maximum absolute atomic E-state index is 8.40. The Labute approximate surface area is 121 Å². The van der Waals surface area contributed by atoms with Gasteiger partial charge in [-0.05, 0) is 36.1 Å². The van der Waals surface area contributed by atoms with Crippen molar-refractivity contribution in [3.8, 4) is 0 Å². The van der Waals surface area contributed by atoms with E-state index in [4.69, 9.17) is 11.1 Å². The maximum Gasteiger partial charge on any atom is 0.0314 e. The van der Waals surface area contributed by atoms with Crippen LogP contribution in [0.2, 0.25) is 0 Å². The first-order valence-corrected chi connectivity index (χ1v) is 6.98. The molecule has 0 unspecified atom stereocenters. The van der Waals surface area contributed by atoms with Crippen molar-refractivity contribution in [2.24, 2.45) is 0 Å². The summed E-state index contributed by atoms with van der Waals surface area (Å²) in [4.78, 5) is 0. The van der Waals surface area contributed by atoms with Crippen molar-refractivity contribution in [2.75, 3.05) is 5.73 Å². The molecule has 0 amide bonds. The SMILES string of the molecule is CC(C)(C(=N)CCc1ccccc1)c1ccc(N)cc1. The van der Waals surface area contributed by atoms with Gasteiger partial charge in [-0.3, -0.25) is 0 Å². The zero-order chi connectivity index (χ0) is 14.6. The van der Waals surface area contributed by atoms with Crippen LogP contribution < -0.4 is 5.73 Å². The molecule has 0 aliphatic heterocycles. The summed E-state index contributed by atoms with van der Waals surface area (Å²) >= 11 is 0. The minimum Gasteiger partial charge on any atom is -0.399 e. The molecule has 0 aliphatic rings. The Balaban J connectivity index is 2.05. The molecule has 0 spiro atoms. The molecule has 0 aliphatic carbocycles. The van der Waals surface area contributed by atoms with Crippen LogP contribution in [-0.4, -0.2) is 5.71 Å². The van der Waals surface area contributed by atoms with Gasteiger partial charge in [-0.25, -0.2) is 0 Å². The monoisotopic (exact) mass is 266 g/mol. The van der Waals surface area contributed by atoms with Crippen LogP contribution in [0.25, 0.3) is 0 Å². The molecule has 2 heteroatoms. The summed E-state index contributed by atoms with van der Waals surface area (Å²) in [6.07, 6.45) is 1.69. The fraction of sp³-hybridized carbons (Fsp3) is 0.278. The van der Waals surface area contributed by atoms with E-state index in [0.29, 0.717) is 0 Å². The average Bonchev–Trinajstić information content (AvgIpc) is 2.46. The molecule has 0 heterocycles. The van der Waals surface area contributed by atoms with Gasteiger partial charge in [0.25, 0.3) is 0 Å². The van der Waals surface area contributed by atoms with Gasteiger partial charge in [0.05, 0.1) is 0 Å². The number of benzene rings is 2. The van der Waals surface area contributed by atoms with E-state index in [1.54, 1.807) is 0 Å². The normalized spacial score (nSPS) is 11.3. The summed E-state index contributed by atoms with van der Waals surface area (Å²) in [5.74, 6) is 0. The molecule has 0 saturated carbocycles. The van der Waals surface area contributed by atoms with Crippen molar-refractivity contribution in [3.05, 3.63) is 65.7 Å². The highest BCUT2D eigenvalue weighted by Crippen LogP contribution is 2.27. The highest BCUT2D eigenvalue weighted by Gasteiger charge is 2.25. The molecule has 2 nitrogen and oxygen atoms in total. The third-order valence-electron chi connectivity index (χ3n) is 3.89. The van der Waals surface area contributed by atoms with Crippen molar-refractivity contribution in [2.45, 2.75) is 32.1 Å². The van der Waals surface area contributed by atoms with Gasteiger partial charge in [-0.2, -0.15) is 0 Å². The molecule has 104 valence electrons. The van der Waals surface area contributed by atoms with Gasteiger partial charge in [-0.15, -0.1) is 0 Å². The fourth-order valence-corrected chi connectivity index (χ4v) is 2.30. The van der Waals surface area contributed by atoms with Crippen LogP contribution in [-0.2, 0) is 11.8 Å². The lowest BCUT2D eigenvalue weighted by Gasteiger charge is -2.26. The van der Waals surface area contributed by atoms with Gasteiger partial charge in [0.2, 0.25) is 0 Å². The molecule has 0 aromatic heterocycles. The number of anilines is 1. The van der Waals surface area contributed by atoms with Crippen LogP contribution >= 0.6 is 0 Å². The minimum absolute atomic E-state index is 0.248. The van der Waals surface area contributed by atoms with E-state index in [1.165, 1.54) is 5.56 Å². The Hall–Kier alpha value is -2.09. The highest BCUT2D eigenvalue weighted by molar-refractivity contribution is 5.91. The van der Waals surface area contributed by atoms with Crippen molar-refractivity contribution in [1.82, 2.24) is 0 Å². The molecule has 20 heavy (non-hydrogen) atoms. The van der Waals surface area contributed by atoms with E-state index >= 15 is 0 Å². The zero-order valence-electron chi connectivity index (χ0n) is 12.2. The van der Waals surface area contributed by atoms with Crippen LogP contribution in [0.4, 0.5) is 5.69 Å². The number of hydrogen-bond donors (Lipinski definition) is 2. The average molecular weight is 266 g/mol. The van der Waals surface area contributed by atoms with E-state index in [9.17, 15) is 0 Å². The Morgan fingerprint density at radius 3 is 2.20 bits per heavy atom. The number of nitrogen functional groups attached to an aromatic ring is 1. The summed E-state index contributed by atoms with van der Waals surface area (Å²) in [7, 11) is 0. The van der Waals surface area contributed by atoms with Crippen molar-refractivity contribution in [3.63, 3.8) is 0 Å². The van der Waals surface area contributed by atoms with Crippen LogP contribution in [0.5, 0.6) is 0 Å². The largest absolute Gasteiger partial charge is 0.399 e. The van der Waals surface area contributed by atoms with E-state index in [1.807, 2.05) is 42.5 Å². The molecule has 0 bridgehead atoms. The third kappa shape index (κ3) is 3.27. The van der Waals surface area contributed by atoms with Gasteiger partial charge in [0.15, 0.2) is 0 Å². The van der Waals surface area contributed by atoms with Gasteiger partial charge in [-0.1, -0.05) is 56.3 Å². The lowest BCUT2D eigenvalue weighted by atomic mass is 9.78. The second-order valence-electron chi connectivity index (χ2n) is 5.71. The number of aryl methyl sites for hydroxylation is 1. The van der Waals surface area contributed by atoms with Gasteiger partial charge < -0.3 is 11.1 Å². The first kappa shape index (κ1) is 14.3. The predicted octanol–water partition coefficient (Wildman–Crippen LogP) is 4.20. The topological polar surface area (TPSA) is 49.9 Å². The lowest BCUT2D eigenvalue weighted by molar-refractivity contribution is 0.690. The quantitative estimate of drug-likeness (QED) is 0.618. The molecule has 0 saturated heterocycles. The first-order valence-electron chi connectivity index (χ1n) is 6.98. The Morgan fingerprint density at radius 1 is 1.00 bits per heavy atom. The van der Waals surface area contributed by atoms with Crippen LogP contribution in [0.15, 0.2) is 54.6 Å². The third-order valence-corrected chi connectivity index (χ3v) is 3.89. The standard InChI is InChI=1S/C18H22N2/c1-18(2,15-9-11-16(19)12-10-15)17(20)13-8-14-6-4-3-5-7-14/h3-7,9-12,20H,8,13,19H2,1-2H3. The molecular formula is C18H22N2.